The van der Waals surface area contributed by atoms with Gasteiger partial charge >= 0.3 is 0 Å². The summed E-state index contributed by atoms with van der Waals surface area (Å²) in [5.41, 5.74) is 0. The van der Waals surface area contributed by atoms with E-state index in [0.717, 1.165) is 6.04 Å². The van der Waals surface area contributed by atoms with Crippen LogP contribution in [0.25, 0.3) is 0 Å². The highest BCUT2D eigenvalue weighted by molar-refractivity contribution is 7.99. The van der Waals surface area contributed by atoms with Crippen molar-refractivity contribution in [2.45, 2.75) is 45.6 Å². The number of rotatable bonds is 7. The predicted molar refractivity (Wildman–Crippen MR) is 75.4 cm³/mol. The first kappa shape index (κ1) is 14.3. The molecule has 16 heavy (non-hydrogen) atoms. The van der Waals surface area contributed by atoms with Crippen LogP contribution in [0.1, 0.15) is 39.5 Å². The Morgan fingerprint density at radius 1 is 1.38 bits per heavy atom. The quantitative estimate of drug-likeness (QED) is 0.693. The second kappa shape index (κ2) is 9.32. The van der Waals surface area contributed by atoms with E-state index in [1.165, 1.54) is 63.4 Å². The number of thioether (sulfide) groups is 1. The first-order valence-corrected chi connectivity index (χ1v) is 8.05. The van der Waals surface area contributed by atoms with Gasteiger partial charge in [0.15, 0.2) is 0 Å². The van der Waals surface area contributed by atoms with E-state index in [2.05, 4.69) is 35.8 Å². The second-order valence-electron chi connectivity index (χ2n) is 4.64. The summed E-state index contributed by atoms with van der Waals surface area (Å²) in [4.78, 5) is 2.66. The molecule has 1 rings (SSSR count). The lowest BCUT2D eigenvalue weighted by Gasteiger charge is -2.24. The van der Waals surface area contributed by atoms with Crippen molar-refractivity contribution < 1.29 is 0 Å². The average Bonchev–Trinajstić information content (AvgIpc) is 2.51. The van der Waals surface area contributed by atoms with Crippen molar-refractivity contribution in [3.63, 3.8) is 0 Å². The van der Waals surface area contributed by atoms with Crippen LogP contribution >= 0.6 is 11.8 Å². The Balaban J connectivity index is 2.17. The van der Waals surface area contributed by atoms with Gasteiger partial charge in [0.25, 0.3) is 0 Å². The van der Waals surface area contributed by atoms with Crippen LogP contribution in [0.2, 0.25) is 0 Å². The molecule has 0 aliphatic carbocycles. The number of hydrogen-bond acceptors (Lipinski definition) is 3. The van der Waals surface area contributed by atoms with Crippen LogP contribution in [0.4, 0.5) is 0 Å². The minimum absolute atomic E-state index is 0.742. The van der Waals surface area contributed by atoms with Crippen molar-refractivity contribution in [3.05, 3.63) is 0 Å². The van der Waals surface area contributed by atoms with Gasteiger partial charge in [-0.05, 0) is 50.4 Å². The van der Waals surface area contributed by atoms with Gasteiger partial charge in [-0.15, -0.1) is 0 Å². The van der Waals surface area contributed by atoms with Crippen LogP contribution in [-0.4, -0.2) is 48.6 Å². The number of nitrogens with zero attached hydrogens (tertiary/aromatic N) is 1. The van der Waals surface area contributed by atoms with E-state index < -0.39 is 0 Å². The summed E-state index contributed by atoms with van der Waals surface area (Å²) in [7, 11) is 0. The summed E-state index contributed by atoms with van der Waals surface area (Å²) >= 11 is 2.07. The lowest BCUT2D eigenvalue weighted by Crippen LogP contribution is -2.38. The Morgan fingerprint density at radius 2 is 2.25 bits per heavy atom. The third kappa shape index (κ3) is 6.12. The van der Waals surface area contributed by atoms with Gasteiger partial charge in [-0.25, -0.2) is 0 Å². The number of hydrogen-bond donors (Lipinski definition) is 1. The normalized spacial score (nSPS) is 23.2. The Bertz CT molecular complexity index is 164. The summed E-state index contributed by atoms with van der Waals surface area (Å²) < 4.78 is 0. The molecule has 0 saturated carbocycles. The minimum Gasteiger partial charge on any atom is -0.313 e. The highest BCUT2D eigenvalue weighted by atomic mass is 32.2. The topological polar surface area (TPSA) is 15.3 Å². The largest absolute Gasteiger partial charge is 0.313 e. The van der Waals surface area contributed by atoms with E-state index in [0.29, 0.717) is 0 Å². The van der Waals surface area contributed by atoms with Crippen molar-refractivity contribution in [1.82, 2.24) is 10.2 Å². The molecule has 0 aromatic heterocycles. The first-order valence-electron chi connectivity index (χ1n) is 6.90. The van der Waals surface area contributed by atoms with Gasteiger partial charge in [-0.2, -0.15) is 11.8 Å². The van der Waals surface area contributed by atoms with E-state index in [9.17, 15) is 0 Å². The molecule has 0 bridgehead atoms. The summed E-state index contributed by atoms with van der Waals surface area (Å²) in [6.07, 6.45) is 5.32. The van der Waals surface area contributed by atoms with Crippen molar-refractivity contribution >= 4 is 11.8 Å². The van der Waals surface area contributed by atoms with Gasteiger partial charge in [-0.1, -0.05) is 20.3 Å². The minimum atomic E-state index is 0.742. The molecular formula is C13H28N2S. The van der Waals surface area contributed by atoms with E-state index in [4.69, 9.17) is 0 Å². The van der Waals surface area contributed by atoms with Crippen molar-refractivity contribution in [2.24, 2.45) is 0 Å². The van der Waals surface area contributed by atoms with Crippen LogP contribution < -0.4 is 5.32 Å². The molecule has 0 aromatic rings. The van der Waals surface area contributed by atoms with Crippen molar-refractivity contribution in [2.75, 3.05) is 37.7 Å². The number of nitrogens with one attached hydrogen (secondary N) is 1. The first-order chi connectivity index (χ1) is 7.86. The van der Waals surface area contributed by atoms with Crippen LogP contribution in [0, 0.1) is 0 Å². The molecule has 0 aromatic carbocycles. The molecule has 96 valence electrons. The fraction of sp³-hybridized carbons (Fsp3) is 1.00. The zero-order valence-electron chi connectivity index (χ0n) is 11.0. The molecule has 2 nitrogen and oxygen atoms in total. The maximum Gasteiger partial charge on any atom is 0.0194 e. The molecule has 1 fully saturated rings. The summed E-state index contributed by atoms with van der Waals surface area (Å²) in [6, 6.07) is 0.742. The van der Waals surface area contributed by atoms with Gasteiger partial charge in [0.1, 0.15) is 0 Å². The lowest BCUT2D eigenvalue weighted by molar-refractivity contribution is 0.264. The van der Waals surface area contributed by atoms with Crippen LogP contribution in [0.15, 0.2) is 0 Å². The molecule has 0 radical (unpaired) electrons. The van der Waals surface area contributed by atoms with Gasteiger partial charge in [0, 0.05) is 12.6 Å². The average molecular weight is 244 g/mol. The molecular weight excluding hydrogens is 216 g/mol. The maximum absolute atomic E-state index is 3.67. The molecule has 1 atom stereocenters. The van der Waals surface area contributed by atoms with E-state index in [1.807, 2.05) is 0 Å². The van der Waals surface area contributed by atoms with Gasteiger partial charge in [0.05, 0.1) is 0 Å². The van der Waals surface area contributed by atoms with Crippen LogP contribution in [0.5, 0.6) is 0 Å². The van der Waals surface area contributed by atoms with E-state index in [-0.39, 0.29) is 0 Å². The second-order valence-corrected chi connectivity index (χ2v) is 6.04. The molecule has 1 heterocycles. The standard InChI is InChI=1S/C13H28N2S/c1-3-7-13-12-15(9-5-8-14-13)10-6-11-16-4-2/h13-14H,3-12H2,1-2H3. The van der Waals surface area contributed by atoms with Crippen LogP contribution in [-0.2, 0) is 0 Å². The van der Waals surface area contributed by atoms with E-state index in [1.54, 1.807) is 0 Å². The monoisotopic (exact) mass is 244 g/mol. The Morgan fingerprint density at radius 3 is 3.00 bits per heavy atom. The molecule has 1 saturated heterocycles. The highest BCUT2D eigenvalue weighted by Gasteiger charge is 2.15. The van der Waals surface area contributed by atoms with E-state index >= 15 is 0 Å². The lowest BCUT2D eigenvalue weighted by atomic mass is 10.1. The Labute approximate surface area is 106 Å². The van der Waals surface area contributed by atoms with Gasteiger partial charge in [0.2, 0.25) is 0 Å². The Kier molecular flexibility index (Phi) is 8.34. The Hall–Kier alpha value is 0.270. The molecule has 1 aliphatic rings. The fourth-order valence-corrected chi connectivity index (χ4v) is 2.98. The fourth-order valence-electron chi connectivity index (χ4n) is 2.36. The molecule has 1 unspecified atom stereocenters. The maximum atomic E-state index is 3.67. The highest BCUT2D eigenvalue weighted by Crippen LogP contribution is 2.08. The third-order valence-corrected chi connectivity index (χ3v) is 4.15. The smallest absolute Gasteiger partial charge is 0.0194 e. The van der Waals surface area contributed by atoms with Gasteiger partial charge < -0.3 is 10.2 Å². The van der Waals surface area contributed by atoms with Crippen LogP contribution in [0.3, 0.4) is 0 Å². The molecule has 0 amide bonds. The van der Waals surface area contributed by atoms with Crippen molar-refractivity contribution in [1.29, 1.82) is 0 Å². The molecule has 1 N–H and O–H groups in total. The predicted octanol–water partition coefficient (Wildman–Crippen LogP) is 2.59. The SMILES string of the molecule is CCCC1CN(CCCSCC)CCCN1. The molecule has 3 heteroatoms. The summed E-state index contributed by atoms with van der Waals surface area (Å²) in [5.74, 6) is 2.60. The summed E-state index contributed by atoms with van der Waals surface area (Å²) in [6.45, 7) is 9.61. The molecule has 1 aliphatic heterocycles. The summed E-state index contributed by atoms with van der Waals surface area (Å²) in [5, 5.41) is 3.67. The zero-order valence-corrected chi connectivity index (χ0v) is 11.8. The van der Waals surface area contributed by atoms with Crippen molar-refractivity contribution in [3.8, 4) is 0 Å². The third-order valence-electron chi connectivity index (χ3n) is 3.17. The molecule has 0 spiro atoms. The van der Waals surface area contributed by atoms with Gasteiger partial charge in [-0.3, -0.25) is 0 Å². The zero-order chi connectivity index (χ0) is 11.6.